The summed E-state index contributed by atoms with van der Waals surface area (Å²) in [4.78, 5) is -0.170. The zero-order valence-corrected chi connectivity index (χ0v) is 15.1. The van der Waals surface area contributed by atoms with Crippen LogP contribution in [0.5, 0.6) is 0 Å². The summed E-state index contributed by atoms with van der Waals surface area (Å²) < 4.78 is 62.0. The Morgan fingerprint density at radius 2 is 1.73 bits per heavy atom. The van der Waals surface area contributed by atoms with Crippen molar-refractivity contribution in [2.24, 2.45) is 0 Å². The molecule has 0 aliphatic carbocycles. The second kappa shape index (κ2) is 5.84. The Bertz CT molecular complexity index is 827. The maximum Gasteiger partial charge on any atom is 0.416 e. The topological polar surface area (TPSA) is 62.8 Å². The molecule has 120 valence electrons. The van der Waals surface area contributed by atoms with E-state index < -0.39 is 21.6 Å². The van der Waals surface area contributed by atoms with Crippen LogP contribution in [-0.4, -0.2) is 24.9 Å². The van der Waals surface area contributed by atoms with Gasteiger partial charge in [-0.2, -0.15) is 18.3 Å². The first kappa shape index (κ1) is 17.8. The van der Waals surface area contributed by atoms with Gasteiger partial charge in [-0.05, 0) is 34.7 Å². The van der Waals surface area contributed by atoms with E-state index in [-0.39, 0.29) is 29.9 Å². The molecule has 22 heavy (non-hydrogen) atoms. The summed E-state index contributed by atoms with van der Waals surface area (Å²) in [6.45, 7) is 0. The summed E-state index contributed by atoms with van der Waals surface area (Å²) in [7, 11) is -3.68. The van der Waals surface area contributed by atoms with E-state index in [4.69, 9.17) is 23.2 Å². The number of aromatic amines is 1. The molecule has 1 N–H and O–H groups in total. The fourth-order valence-electron chi connectivity index (χ4n) is 1.79. The fraction of sp³-hybridized carbons (Fsp3) is 0.182. The number of benzene rings is 1. The first-order valence-corrected chi connectivity index (χ1v) is 9.16. The molecule has 1 heterocycles. The van der Waals surface area contributed by atoms with Crippen molar-refractivity contribution in [3.8, 4) is 11.3 Å². The summed E-state index contributed by atoms with van der Waals surface area (Å²) in [6, 6.07) is 1.37. The van der Waals surface area contributed by atoms with E-state index in [1.165, 1.54) is 0 Å². The first-order valence-electron chi connectivity index (χ1n) is 5.43. The Morgan fingerprint density at radius 3 is 2.14 bits per heavy atom. The third kappa shape index (κ3) is 3.36. The zero-order valence-electron chi connectivity index (χ0n) is 10.6. The second-order valence-electron chi connectivity index (χ2n) is 4.30. The number of rotatable bonds is 2. The van der Waals surface area contributed by atoms with E-state index in [2.05, 4.69) is 10.2 Å². The van der Waals surface area contributed by atoms with E-state index in [1.54, 1.807) is 22.6 Å². The minimum atomic E-state index is -4.62. The molecule has 0 atom stereocenters. The van der Waals surface area contributed by atoms with Crippen LogP contribution in [0.15, 0.2) is 17.0 Å². The zero-order chi connectivity index (χ0) is 16.9. The molecule has 1 aromatic carbocycles. The minimum Gasteiger partial charge on any atom is -0.275 e. The summed E-state index contributed by atoms with van der Waals surface area (Å²) in [6.07, 6.45) is -3.66. The van der Waals surface area contributed by atoms with Gasteiger partial charge in [0.25, 0.3) is 0 Å². The molecule has 0 fully saturated rings. The van der Waals surface area contributed by atoms with Crippen LogP contribution in [0.4, 0.5) is 13.2 Å². The SMILES string of the molecule is CS(=O)(=O)c1c(I)n[nH]c1-c1c(Cl)cc(C(F)(F)F)cc1Cl. The third-order valence-corrected chi connectivity index (χ3v) is 5.55. The molecule has 11 heteroatoms. The number of nitrogens with one attached hydrogen (secondary N) is 1. The summed E-state index contributed by atoms with van der Waals surface area (Å²) in [5.41, 5.74) is -1.12. The van der Waals surface area contributed by atoms with E-state index in [0.29, 0.717) is 12.1 Å². The highest BCUT2D eigenvalue weighted by Crippen LogP contribution is 2.42. The van der Waals surface area contributed by atoms with Crippen molar-refractivity contribution in [1.82, 2.24) is 10.2 Å². The molecule has 0 unspecified atom stereocenters. The molecule has 1 aromatic heterocycles. The molecule has 0 spiro atoms. The van der Waals surface area contributed by atoms with Crippen LogP contribution in [0, 0.1) is 3.70 Å². The monoisotopic (exact) mass is 484 g/mol. The average Bonchev–Trinajstić information content (AvgIpc) is 2.68. The molecule has 2 rings (SSSR count). The Hall–Kier alpha value is -0.520. The lowest BCUT2D eigenvalue weighted by Gasteiger charge is -2.12. The van der Waals surface area contributed by atoms with Gasteiger partial charge in [0.1, 0.15) is 8.60 Å². The second-order valence-corrected chi connectivity index (χ2v) is 8.09. The van der Waals surface area contributed by atoms with Crippen LogP contribution in [0.25, 0.3) is 11.3 Å². The molecule has 0 radical (unpaired) electrons. The van der Waals surface area contributed by atoms with Crippen LogP contribution in [0.1, 0.15) is 5.56 Å². The van der Waals surface area contributed by atoms with Gasteiger partial charge in [0.15, 0.2) is 9.84 Å². The highest BCUT2D eigenvalue weighted by atomic mass is 127. The molecular weight excluding hydrogens is 479 g/mol. The summed E-state index contributed by atoms with van der Waals surface area (Å²) in [5, 5.41) is 5.55. The Labute approximate surface area is 147 Å². The lowest BCUT2D eigenvalue weighted by molar-refractivity contribution is -0.137. The number of aromatic nitrogens is 2. The first-order chi connectivity index (χ1) is 9.93. The molecular formula is C11H6Cl2F3IN2O2S. The van der Waals surface area contributed by atoms with E-state index >= 15 is 0 Å². The molecule has 2 aromatic rings. The smallest absolute Gasteiger partial charge is 0.275 e. The van der Waals surface area contributed by atoms with Crippen LogP contribution < -0.4 is 0 Å². The van der Waals surface area contributed by atoms with E-state index in [1.807, 2.05) is 0 Å². The predicted molar refractivity (Wildman–Crippen MR) is 84.9 cm³/mol. The van der Waals surface area contributed by atoms with Gasteiger partial charge in [0.2, 0.25) is 0 Å². The number of alkyl halides is 3. The molecule has 0 saturated heterocycles. The van der Waals surface area contributed by atoms with Gasteiger partial charge in [-0.25, -0.2) is 8.42 Å². The molecule has 4 nitrogen and oxygen atoms in total. The van der Waals surface area contributed by atoms with Crippen molar-refractivity contribution in [3.05, 3.63) is 31.4 Å². The van der Waals surface area contributed by atoms with Crippen molar-refractivity contribution in [1.29, 1.82) is 0 Å². The lowest BCUT2D eigenvalue weighted by Crippen LogP contribution is -2.06. The van der Waals surface area contributed by atoms with Crippen molar-refractivity contribution >= 4 is 55.6 Å². The summed E-state index contributed by atoms with van der Waals surface area (Å²) in [5.74, 6) is 0. The summed E-state index contributed by atoms with van der Waals surface area (Å²) >= 11 is 13.4. The Kier molecular flexibility index (Phi) is 4.73. The van der Waals surface area contributed by atoms with Crippen molar-refractivity contribution in [2.45, 2.75) is 11.1 Å². The highest BCUT2D eigenvalue weighted by Gasteiger charge is 2.33. The van der Waals surface area contributed by atoms with Crippen molar-refractivity contribution in [2.75, 3.05) is 6.26 Å². The lowest BCUT2D eigenvalue weighted by atomic mass is 10.1. The van der Waals surface area contributed by atoms with E-state index in [0.717, 1.165) is 6.26 Å². The number of sulfone groups is 1. The van der Waals surface area contributed by atoms with Gasteiger partial charge < -0.3 is 0 Å². The van der Waals surface area contributed by atoms with Crippen LogP contribution in [-0.2, 0) is 16.0 Å². The normalized spacial score (nSPS) is 12.7. The maximum absolute atomic E-state index is 12.7. The van der Waals surface area contributed by atoms with Crippen molar-refractivity contribution < 1.29 is 21.6 Å². The molecule has 0 aliphatic rings. The van der Waals surface area contributed by atoms with Crippen LogP contribution in [0.3, 0.4) is 0 Å². The molecule has 0 aliphatic heterocycles. The van der Waals surface area contributed by atoms with Gasteiger partial charge >= 0.3 is 6.18 Å². The number of nitrogens with zero attached hydrogens (tertiary/aromatic N) is 1. The largest absolute Gasteiger partial charge is 0.416 e. The van der Waals surface area contributed by atoms with E-state index in [9.17, 15) is 21.6 Å². The standard InChI is InChI=1S/C11H6Cl2F3IN2O2S/c1-22(20,21)9-8(18-19-10(9)17)7-5(12)2-4(3-6(7)13)11(14,15)16/h2-3H,1H3,(H,18,19). The van der Waals surface area contributed by atoms with Gasteiger partial charge in [0, 0.05) is 11.8 Å². The van der Waals surface area contributed by atoms with Crippen LogP contribution >= 0.6 is 45.8 Å². The third-order valence-electron chi connectivity index (χ3n) is 2.67. The fourth-order valence-corrected chi connectivity index (χ4v) is 4.93. The minimum absolute atomic E-state index is 0.0457. The Morgan fingerprint density at radius 1 is 1.23 bits per heavy atom. The van der Waals surface area contributed by atoms with Gasteiger partial charge in [-0.3, -0.25) is 5.10 Å². The Balaban J connectivity index is 2.76. The van der Waals surface area contributed by atoms with Gasteiger partial charge in [0.05, 0.1) is 21.3 Å². The number of halogens is 6. The average molecular weight is 485 g/mol. The maximum atomic E-state index is 12.7. The van der Waals surface area contributed by atoms with Gasteiger partial charge in [-0.1, -0.05) is 23.2 Å². The highest BCUT2D eigenvalue weighted by molar-refractivity contribution is 14.1. The predicted octanol–water partition coefficient (Wildman–Crippen LogP) is 4.41. The molecule has 0 bridgehead atoms. The quantitative estimate of drug-likeness (QED) is 0.642. The number of hydrogen-bond acceptors (Lipinski definition) is 3. The van der Waals surface area contributed by atoms with Crippen molar-refractivity contribution in [3.63, 3.8) is 0 Å². The molecule has 0 amide bonds. The number of hydrogen-bond donors (Lipinski definition) is 1. The number of H-pyrrole nitrogens is 1. The van der Waals surface area contributed by atoms with Gasteiger partial charge in [-0.15, -0.1) is 0 Å². The van der Waals surface area contributed by atoms with Crippen LogP contribution in [0.2, 0.25) is 10.0 Å². The molecule has 0 saturated carbocycles.